The Morgan fingerprint density at radius 2 is 2.09 bits per heavy atom. The third-order valence-corrected chi connectivity index (χ3v) is 4.98. The third kappa shape index (κ3) is 2.11. The van der Waals surface area contributed by atoms with Gasteiger partial charge in [-0.15, -0.1) is 0 Å². The molecule has 1 aromatic carbocycles. The van der Waals surface area contributed by atoms with Gasteiger partial charge in [0.2, 0.25) is 0 Å². The van der Waals surface area contributed by atoms with Crippen LogP contribution in [0.4, 0.5) is 0 Å². The zero-order valence-corrected chi connectivity index (χ0v) is 13.0. The van der Waals surface area contributed by atoms with Crippen LogP contribution in [0.15, 0.2) is 42.7 Å². The Morgan fingerprint density at radius 3 is 2.74 bits per heavy atom. The van der Waals surface area contributed by atoms with Crippen molar-refractivity contribution in [1.82, 2.24) is 14.6 Å². The highest BCUT2D eigenvalue weighted by Gasteiger charge is 2.43. The van der Waals surface area contributed by atoms with Gasteiger partial charge in [0.15, 0.2) is 5.65 Å². The number of benzene rings is 1. The number of halogens is 1. The summed E-state index contributed by atoms with van der Waals surface area (Å²) in [5, 5.41) is 14.4. The van der Waals surface area contributed by atoms with Gasteiger partial charge in [0.25, 0.3) is 0 Å². The summed E-state index contributed by atoms with van der Waals surface area (Å²) in [4.78, 5) is 15.3. The number of carboxylic acids is 1. The van der Waals surface area contributed by atoms with Crippen LogP contribution in [0.1, 0.15) is 40.9 Å². The number of aromatic carboxylic acids is 1. The molecule has 116 valence electrons. The summed E-state index contributed by atoms with van der Waals surface area (Å²) >= 11 is 6.41. The quantitative estimate of drug-likeness (QED) is 0.798. The van der Waals surface area contributed by atoms with E-state index in [9.17, 15) is 4.79 Å². The lowest BCUT2D eigenvalue weighted by molar-refractivity contribution is 0.0695. The molecular weight excluding hydrogens is 314 g/mol. The number of aromatic nitrogens is 3. The molecule has 3 aromatic rings. The molecule has 4 rings (SSSR count). The first kappa shape index (κ1) is 14.2. The molecule has 0 radical (unpaired) electrons. The van der Waals surface area contributed by atoms with Crippen molar-refractivity contribution in [1.29, 1.82) is 0 Å². The predicted molar refractivity (Wildman–Crippen MR) is 86.0 cm³/mol. The Bertz CT molecular complexity index is 915. The van der Waals surface area contributed by atoms with E-state index >= 15 is 0 Å². The summed E-state index contributed by atoms with van der Waals surface area (Å²) in [6.45, 7) is 0. The Morgan fingerprint density at radius 1 is 1.30 bits per heavy atom. The Hall–Kier alpha value is -2.40. The lowest BCUT2D eigenvalue weighted by atomic mass is 9.62. The van der Waals surface area contributed by atoms with Gasteiger partial charge in [-0.2, -0.15) is 5.10 Å². The van der Waals surface area contributed by atoms with Crippen LogP contribution in [0.5, 0.6) is 0 Å². The summed E-state index contributed by atoms with van der Waals surface area (Å²) in [7, 11) is 0. The maximum absolute atomic E-state index is 11.1. The lowest BCUT2D eigenvalue weighted by Gasteiger charge is -2.41. The summed E-state index contributed by atoms with van der Waals surface area (Å²) in [5.41, 5.74) is 2.53. The topological polar surface area (TPSA) is 67.5 Å². The molecule has 0 spiro atoms. The fraction of sp³-hybridized carbons (Fsp3) is 0.235. The van der Waals surface area contributed by atoms with Crippen LogP contribution in [0, 0.1) is 0 Å². The highest BCUT2D eigenvalue weighted by atomic mass is 35.5. The van der Waals surface area contributed by atoms with E-state index in [1.54, 1.807) is 0 Å². The number of hydrogen-bond acceptors (Lipinski definition) is 3. The van der Waals surface area contributed by atoms with Crippen molar-refractivity contribution in [2.45, 2.75) is 24.7 Å². The highest BCUT2D eigenvalue weighted by Crippen LogP contribution is 2.50. The van der Waals surface area contributed by atoms with E-state index in [0.717, 1.165) is 35.5 Å². The molecule has 6 heteroatoms. The minimum atomic E-state index is -1.01. The largest absolute Gasteiger partial charge is 0.478 e. The van der Waals surface area contributed by atoms with E-state index in [4.69, 9.17) is 16.7 Å². The van der Waals surface area contributed by atoms with Gasteiger partial charge >= 0.3 is 5.97 Å². The van der Waals surface area contributed by atoms with Gasteiger partial charge in [-0.3, -0.25) is 0 Å². The Balaban J connectivity index is 1.87. The molecule has 0 bridgehead atoms. The molecule has 0 unspecified atom stereocenters. The second kappa shape index (κ2) is 5.06. The molecule has 1 N–H and O–H groups in total. The van der Waals surface area contributed by atoms with Crippen LogP contribution in [0.3, 0.4) is 0 Å². The standard InChI is InChI=1S/C17H14ClN3O2/c18-13-5-2-1-4-12(13)17(6-3-7-17)14-8-15-19-9-11(16(22)23)10-21(15)20-14/h1-2,4-5,8-10H,3,6-7H2,(H,22,23). The monoisotopic (exact) mass is 327 g/mol. The Labute approximate surface area is 137 Å². The van der Waals surface area contributed by atoms with Crippen molar-refractivity contribution in [3.05, 3.63) is 64.6 Å². The average Bonchev–Trinajstić information content (AvgIpc) is 2.91. The van der Waals surface area contributed by atoms with Crippen molar-refractivity contribution in [3.8, 4) is 0 Å². The molecule has 0 aliphatic heterocycles. The molecule has 2 heterocycles. The second-order valence-electron chi connectivity index (χ2n) is 5.90. The normalized spacial score (nSPS) is 16.2. The van der Waals surface area contributed by atoms with Crippen LogP contribution in [-0.4, -0.2) is 25.7 Å². The SMILES string of the molecule is O=C(O)c1cnc2cc(C3(c4ccccc4Cl)CCC3)nn2c1. The van der Waals surface area contributed by atoms with E-state index in [0.29, 0.717) is 5.65 Å². The zero-order chi connectivity index (χ0) is 16.0. The van der Waals surface area contributed by atoms with Gasteiger partial charge in [-0.05, 0) is 24.5 Å². The fourth-order valence-electron chi connectivity index (χ4n) is 3.26. The molecule has 0 saturated heterocycles. The number of hydrogen-bond donors (Lipinski definition) is 1. The van der Waals surface area contributed by atoms with Crippen LogP contribution >= 0.6 is 11.6 Å². The van der Waals surface area contributed by atoms with Gasteiger partial charge in [-0.25, -0.2) is 14.3 Å². The smallest absolute Gasteiger partial charge is 0.338 e. The van der Waals surface area contributed by atoms with Gasteiger partial charge in [0.05, 0.1) is 11.3 Å². The molecule has 23 heavy (non-hydrogen) atoms. The molecular formula is C17H14ClN3O2. The molecule has 1 aliphatic rings. The van der Waals surface area contributed by atoms with Gasteiger partial charge in [0, 0.05) is 28.9 Å². The van der Waals surface area contributed by atoms with E-state index in [-0.39, 0.29) is 11.0 Å². The van der Waals surface area contributed by atoms with Crippen LogP contribution in [0.2, 0.25) is 5.02 Å². The minimum Gasteiger partial charge on any atom is -0.478 e. The molecule has 0 amide bonds. The Kier molecular flexibility index (Phi) is 3.13. The van der Waals surface area contributed by atoms with Crippen molar-refractivity contribution in [2.75, 3.05) is 0 Å². The summed E-state index contributed by atoms with van der Waals surface area (Å²) in [6.07, 6.45) is 5.92. The first-order valence-electron chi connectivity index (χ1n) is 7.44. The van der Waals surface area contributed by atoms with Crippen molar-refractivity contribution < 1.29 is 9.90 Å². The van der Waals surface area contributed by atoms with Crippen molar-refractivity contribution in [3.63, 3.8) is 0 Å². The minimum absolute atomic E-state index is 0.118. The predicted octanol–water partition coefficient (Wildman–Crippen LogP) is 3.55. The van der Waals surface area contributed by atoms with Crippen LogP contribution in [-0.2, 0) is 5.41 Å². The first-order valence-corrected chi connectivity index (χ1v) is 7.82. The van der Waals surface area contributed by atoms with E-state index in [2.05, 4.69) is 10.1 Å². The molecule has 5 nitrogen and oxygen atoms in total. The van der Waals surface area contributed by atoms with E-state index < -0.39 is 5.97 Å². The molecule has 0 atom stereocenters. The van der Waals surface area contributed by atoms with Gasteiger partial charge in [-0.1, -0.05) is 36.2 Å². The first-order chi connectivity index (χ1) is 11.1. The van der Waals surface area contributed by atoms with Crippen LogP contribution in [0.25, 0.3) is 5.65 Å². The maximum Gasteiger partial charge on any atom is 0.338 e. The average molecular weight is 328 g/mol. The van der Waals surface area contributed by atoms with Crippen molar-refractivity contribution >= 4 is 23.2 Å². The summed E-state index contributed by atoms with van der Waals surface area (Å²) in [6, 6.07) is 9.77. The zero-order valence-electron chi connectivity index (χ0n) is 12.2. The van der Waals surface area contributed by atoms with Gasteiger partial charge < -0.3 is 5.11 Å². The lowest BCUT2D eigenvalue weighted by Crippen LogP contribution is -2.36. The van der Waals surface area contributed by atoms with Crippen LogP contribution < -0.4 is 0 Å². The fourth-order valence-corrected chi connectivity index (χ4v) is 3.58. The number of carbonyl (C=O) groups is 1. The molecule has 1 saturated carbocycles. The summed E-state index contributed by atoms with van der Waals surface area (Å²) in [5.74, 6) is -1.01. The van der Waals surface area contributed by atoms with E-state index in [1.807, 2.05) is 30.3 Å². The molecule has 2 aromatic heterocycles. The number of nitrogens with zero attached hydrogens (tertiary/aromatic N) is 3. The highest BCUT2D eigenvalue weighted by molar-refractivity contribution is 6.31. The number of rotatable bonds is 3. The molecule has 1 fully saturated rings. The van der Waals surface area contributed by atoms with Crippen molar-refractivity contribution in [2.24, 2.45) is 0 Å². The summed E-state index contributed by atoms with van der Waals surface area (Å²) < 4.78 is 1.54. The molecule has 1 aliphatic carbocycles. The number of fused-ring (bicyclic) bond motifs is 1. The maximum atomic E-state index is 11.1. The van der Waals surface area contributed by atoms with E-state index in [1.165, 1.54) is 16.9 Å². The third-order valence-electron chi connectivity index (χ3n) is 4.65. The van der Waals surface area contributed by atoms with Gasteiger partial charge in [0.1, 0.15) is 0 Å². The second-order valence-corrected chi connectivity index (χ2v) is 6.30. The number of carboxylic acid groups (broad SMARTS) is 1.